The lowest BCUT2D eigenvalue weighted by Crippen LogP contribution is -2.32. The van der Waals surface area contributed by atoms with E-state index in [1.54, 1.807) is 0 Å². The number of hydrogen-bond acceptors (Lipinski definition) is 3. The lowest BCUT2D eigenvalue weighted by atomic mass is 9.84. The number of fused-ring (bicyclic) bond motifs is 1. The summed E-state index contributed by atoms with van der Waals surface area (Å²) in [5.41, 5.74) is 5.20. The molecule has 0 aromatic rings. The molecule has 0 aromatic carbocycles. The fraction of sp³-hybridized carbons (Fsp3) is 0.300. The van der Waals surface area contributed by atoms with Crippen molar-refractivity contribution < 1.29 is 0 Å². The van der Waals surface area contributed by atoms with Crippen LogP contribution in [0.2, 0.25) is 0 Å². The van der Waals surface area contributed by atoms with E-state index in [9.17, 15) is 0 Å². The summed E-state index contributed by atoms with van der Waals surface area (Å²) in [5, 5.41) is 6.79. The molecule has 0 saturated heterocycles. The minimum Gasteiger partial charge on any atom is -0.285 e. The van der Waals surface area contributed by atoms with Crippen molar-refractivity contribution in [1.29, 1.82) is 0 Å². The average molecular weight is 307 g/mol. The van der Waals surface area contributed by atoms with E-state index < -0.39 is 0 Å². The fourth-order valence-corrected chi connectivity index (χ4v) is 2.77. The van der Waals surface area contributed by atoms with Gasteiger partial charge in [-0.25, -0.2) is 0 Å². The number of hydrogen-bond donors (Lipinski definition) is 0. The Labute approximate surface area is 139 Å². The van der Waals surface area contributed by atoms with Crippen LogP contribution in [0.5, 0.6) is 0 Å². The normalized spacial score (nSPS) is 22.9. The van der Waals surface area contributed by atoms with Gasteiger partial charge < -0.3 is 0 Å². The van der Waals surface area contributed by atoms with Gasteiger partial charge in [0.1, 0.15) is 0 Å². The Hall–Kier alpha value is -2.42. The Morgan fingerprint density at radius 1 is 1.35 bits per heavy atom. The Morgan fingerprint density at radius 3 is 2.65 bits per heavy atom. The molecule has 1 aliphatic heterocycles. The molecule has 23 heavy (non-hydrogen) atoms. The summed E-state index contributed by atoms with van der Waals surface area (Å²) >= 11 is 0. The minimum atomic E-state index is 0.211. The van der Waals surface area contributed by atoms with Gasteiger partial charge in [0.2, 0.25) is 0 Å². The van der Waals surface area contributed by atoms with Crippen molar-refractivity contribution in [2.45, 2.75) is 26.8 Å². The second-order valence-electron chi connectivity index (χ2n) is 6.04. The van der Waals surface area contributed by atoms with E-state index in [0.717, 1.165) is 34.7 Å². The summed E-state index contributed by atoms with van der Waals surface area (Å²) in [4.78, 5) is 4.39. The SMILES string of the molecule is C=CCN1N=C(C(=C)C)C2C=C(/C(C=C)=C/N=C(C)C)C=CC21. The van der Waals surface area contributed by atoms with Crippen molar-refractivity contribution in [3.8, 4) is 0 Å². The standard InChI is InChI=1S/C20H25N3/c1-7-11-23-19-10-9-17(16(8-2)13-21-15(5)6)12-18(19)20(22-23)14(3)4/h7-10,12-13,18-19H,1-3,11H2,4-6H3/b16-13+. The van der Waals surface area contributed by atoms with E-state index >= 15 is 0 Å². The van der Waals surface area contributed by atoms with Crippen LogP contribution in [0.15, 0.2) is 83.1 Å². The smallest absolute Gasteiger partial charge is 0.0777 e. The second kappa shape index (κ2) is 7.23. The molecular weight excluding hydrogens is 282 g/mol. The molecule has 0 spiro atoms. The van der Waals surface area contributed by atoms with E-state index in [-0.39, 0.29) is 12.0 Å². The van der Waals surface area contributed by atoms with Crippen molar-refractivity contribution in [3.05, 3.63) is 73.0 Å². The molecule has 3 heteroatoms. The first-order valence-corrected chi connectivity index (χ1v) is 7.83. The van der Waals surface area contributed by atoms with Crippen LogP contribution in [0.1, 0.15) is 20.8 Å². The van der Waals surface area contributed by atoms with Crippen LogP contribution in [0.4, 0.5) is 0 Å². The molecule has 0 N–H and O–H groups in total. The summed E-state index contributed by atoms with van der Waals surface area (Å²) in [6.07, 6.45) is 12.2. The third kappa shape index (κ3) is 3.67. The first-order valence-electron chi connectivity index (χ1n) is 7.83. The van der Waals surface area contributed by atoms with Gasteiger partial charge in [-0.15, -0.1) is 6.58 Å². The lowest BCUT2D eigenvalue weighted by Gasteiger charge is -2.26. The van der Waals surface area contributed by atoms with Crippen molar-refractivity contribution in [2.24, 2.45) is 16.0 Å². The average Bonchev–Trinajstić information content (AvgIpc) is 2.86. The monoisotopic (exact) mass is 307 g/mol. The van der Waals surface area contributed by atoms with Crippen LogP contribution in [-0.4, -0.2) is 29.0 Å². The van der Waals surface area contributed by atoms with Gasteiger partial charge in [0.05, 0.1) is 18.3 Å². The summed E-state index contributed by atoms with van der Waals surface area (Å²) < 4.78 is 0. The lowest BCUT2D eigenvalue weighted by molar-refractivity contribution is 0.276. The molecule has 0 amide bonds. The predicted molar refractivity (Wildman–Crippen MR) is 101 cm³/mol. The first kappa shape index (κ1) is 16.9. The molecule has 120 valence electrons. The van der Waals surface area contributed by atoms with Gasteiger partial charge in [-0.2, -0.15) is 5.10 Å². The van der Waals surface area contributed by atoms with Gasteiger partial charge in [0.15, 0.2) is 0 Å². The molecular formula is C20H25N3. The Balaban J connectivity index is 2.37. The molecule has 0 radical (unpaired) electrons. The zero-order valence-electron chi connectivity index (χ0n) is 14.3. The van der Waals surface area contributed by atoms with Crippen molar-refractivity contribution in [1.82, 2.24) is 5.01 Å². The number of nitrogens with zero attached hydrogens (tertiary/aromatic N) is 3. The third-order valence-corrected chi connectivity index (χ3v) is 3.86. The first-order chi connectivity index (χ1) is 11.0. The molecule has 2 unspecified atom stereocenters. The molecule has 0 fully saturated rings. The highest BCUT2D eigenvalue weighted by molar-refractivity contribution is 6.03. The topological polar surface area (TPSA) is 28.0 Å². The van der Waals surface area contributed by atoms with Gasteiger partial charge in [0, 0.05) is 17.8 Å². The Morgan fingerprint density at radius 2 is 2.09 bits per heavy atom. The highest BCUT2D eigenvalue weighted by atomic mass is 15.5. The molecule has 2 rings (SSSR count). The molecule has 0 bridgehead atoms. The maximum atomic E-state index is 4.73. The van der Waals surface area contributed by atoms with Crippen LogP contribution < -0.4 is 0 Å². The summed E-state index contributed by atoms with van der Waals surface area (Å²) in [6, 6.07) is 0.228. The maximum absolute atomic E-state index is 4.73. The van der Waals surface area contributed by atoms with E-state index in [2.05, 4.69) is 48.0 Å². The third-order valence-electron chi connectivity index (χ3n) is 3.86. The minimum absolute atomic E-state index is 0.211. The van der Waals surface area contributed by atoms with Gasteiger partial charge in [-0.05, 0) is 37.5 Å². The summed E-state index contributed by atoms with van der Waals surface area (Å²) in [7, 11) is 0. The van der Waals surface area contributed by atoms with Gasteiger partial charge in [-0.1, -0.05) is 43.5 Å². The fourth-order valence-electron chi connectivity index (χ4n) is 2.77. The van der Waals surface area contributed by atoms with Crippen LogP contribution >= 0.6 is 0 Å². The Kier molecular flexibility index (Phi) is 5.32. The van der Waals surface area contributed by atoms with Crippen LogP contribution in [0.3, 0.4) is 0 Å². The highest BCUT2D eigenvalue weighted by Gasteiger charge is 2.35. The maximum Gasteiger partial charge on any atom is 0.0777 e. The number of allylic oxidation sites excluding steroid dienone is 5. The zero-order chi connectivity index (χ0) is 17.0. The second-order valence-corrected chi connectivity index (χ2v) is 6.04. The Bertz CT molecular complexity index is 667. The van der Waals surface area contributed by atoms with Gasteiger partial charge >= 0.3 is 0 Å². The van der Waals surface area contributed by atoms with E-state index in [1.165, 1.54) is 0 Å². The molecule has 2 atom stereocenters. The van der Waals surface area contributed by atoms with Gasteiger partial charge in [0.25, 0.3) is 0 Å². The van der Waals surface area contributed by atoms with E-state index in [4.69, 9.17) is 5.10 Å². The van der Waals surface area contributed by atoms with E-state index in [0.29, 0.717) is 0 Å². The molecule has 3 nitrogen and oxygen atoms in total. The quantitative estimate of drug-likeness (QED) is 0.405. The molecule has 0 saturated carbocycles. The number of rotatable bonds is 6. The van der Waals surface area contributed by atoms with E-state index in [1.807, 2.05) is 39.1 Å². The highest BCUT2D eigenvalue weighted by Crippen LogP contribution is 2.33. The van der Waals surface area contributed by atoms with Crippen molar-refractivity contribution in [2.75, 3.05) is 6.54 Å². The van der Waals surface area contributed by atoms with Crippen LogP contribution in [0, 0.1) is 5.92 Å². The zero-order valence-corrected chi connectivity index (χ0v) is 14.3. The van der Waals surface area contributed by atoms with Gasteiger partial charge in [-0.3, -0.25) is 10.0 Å². The summed E-state index contributed by atoms with van der Waals surface area (Å²) in [5.74, 6) is 0.211. The number of aliphatic imine (C=N–C) groups is 1. The molecule has 1 heterocycles. The number of hydrazone groups is 1. The molecule has 2 aliphatic rings. The van der Waals surface area contributed by atoms with Crippen molar-refractivity contribution >= 4 is 11.4 Å². The van der Waals surface area contributed by atoms with Crippen LogP contribution in [0.25, 0.3) is 0 Å². The molecule has 1 aliphatic carbocycles. The predicted octanol–water partition coefficient (Wildman–Crippen LogP) is 4.45. The molecule has 0 aromatic heterocycles. The summed E-state index contributed by atoms with van der Waals surface area (Å²) in [6.45, 7) is 18.5. The van der Waals surface area contributed by atoms with Crippen LogP contribution in [-0.2, 0) is 0 Å². The largest absolute Gasteiger partial charge is 0.285 e. The van der Waals surface area contributed by atoms with Crippen molar-refractivity contribution in [3.63, 3.8) is 0 Å².